The molecule has 0 N–H and O–H groups in total. The van der Waals surface area contributed by atoms with E-state index in [1.807, 2.05) is 24.0 Å². The van der Waals surface area contributed by atoms with Crippen LogP contribution in [0.1, 0.15) is 48.1 Å². The molecule has 3 heterocycles. The molecule has 6 nitrogen and oxygen atoms in total. The Labute approximate surface area is 142 Å². The zero-order valence-electron chi connectivity index (χ0n) is 14.5. The standard InChI is InChI=1S/C18H24N4O2/c1-12(2)8-16-20-21-17(24-16)9-14-6-7-22(11-14)18(23)15-5-4-13(3)19-10-15/h4-5,10,12,14H,6-9,11H2,1-3H3. The number of amides is 1. The summed E-state index contributed by atoms with van der Waals surface area (Å²) in [5.41, 5.74) is 1.57. The van der Waals surface area contributed by atoms with Gasteiger partial charge < -0.3 is 9.32 Å². The van der Waals surface area contributed by atoms with E-state index in [0.717, 1.165) is 38.0 Å². The molecule has 2 aromatic rings. The van der Waals surface area contributed by atoms with E-state index in [9.17, 15) is 4.79 Å². The van der Waals surface area contributed by atoms with Crippen LogP contribution in [0.4, 0.5) is 0 Å². The number of hydrogen-bond donors (Lipinski definition) is 0. The molecule has 0 aliphatic carbocycles. The average Bonchev–Trinajstić information content (AvgIpc) is 3.17. The van der Waals surface area contributed by atoms with Gasteiger partial charge in [0.2, 0.25) is 11.8 Å². The van der Waals surface area contributed by atoms with Crippen LogP contribution in [-0.4, -0.2) is 39.1 Å². The second-order valence-electron chi connectivity index (χ2n) is 6.99. The van der Waals surface area contributed by atoms with E-state index in [1.165, 1.54) is 0 Å². The fraction of sp³-hybridized carbons (Fsp3) is 0.556. The van der Waals surface area contributed by atoms with Gasteiger partial charge in [-0.25, -0.2) is 0 Å². The molecular weight excluding hydrogens is 304 g/mol. The molecule has 2 aromatic heterocycles. The fourth-order valence-electron chi connectivity index (χ4n) is 3.01. The molecule has 1 aliphatic heterocycles. The van der Waals surface area contributed by atoms with Crippen molar-refractivity contribution in [3.8, 4) is 0 Å². The van der Waals surface area contributed by atoms with Crippen LogP contribution in [-0.2, 0) is 12.8 Å². The largest absolute Gasteiger partial charge is 0.425 e. The van der Waals surface area contributed by atoms with Gasteiger partial charge in [-0.2, -0.15) is 0 Å². The zero-order chi connectivity index (χ0) is 17.1. The third kappa shape index (κ3) is 3.99. The quantitative estimate of drug-likeness (QED) is 0.844. The number of aromatic nitrogens is 3. The lowest BCUT2D eigenvalue weighted by Crippen LogP contribution is -2.29. The third-order valence-corrected chi connectivity index (χ3v) is 4.29. The van der Waals surface area contributed by atoms with Crippen LogP contribution in [0.2, 0.25) is 0 Å². The van der Waals surface area contributed by atoms with Crippen LogP contribution in [0.3, 0.4) is 0 Å². The van der Waals surface area contributed by atoms with Gasteiger partial charge in [0, 0.05) is 37.8 Å². The minimum absolute atomic E-state index is 0.0519. The molecule has 0 aromatic carbocycles. The van der Waals surface area contributed by atoms with Crippen LogP contribution < -0.4 is 0 Å². The predicted molar refractivity (Wildman–Crippen MR) is 89.5 cm³/mol. The van der Waals surface area contributed by atoms with Gasteiger partial charge in [-0.1, -0.05) is 13.8 Å². The van der Waals surface area contributed by atoms with Crippen molar-refractivity contribution < 1.29 is 9.21 Å². The fourth-order valence-corrected chi connectivity index (χ4v) is 3.01. The Morgan fingerprint density at radius 2 is 2.12 bits per heavy atom. The zero-order valence-corrected chi connectivity index (χ0v) is 14.5. The summed E-state index contributed by atoms with van der Waals surface area (Å²) in [4.78, 5) is 18.6. The summed E-state index contributed by atoms with van der Waals surface area (Å²) in [6.45, 7) is 7.67. The summed E-state index contributed by atoms with van der Waals surface area (Å²) < 4.78 is 5.71. The Morgan fingerprint density at radius 1 is 1.33 bits per heavy atom. The van der Waals surface area contributed by atoms with Crippen LogP contribution in [0, 0.1) is 18.8 Å². The molecular formula is C18H24N4O2. The van der Waals surface area contributed by atoms with Gasteiger partial charge in [-0.3, -0.25) is 9.78 Å². The van der Waals surface area contributed by atoms with Crippen LogP contribution in [0.25, 0.3) is 0 Å². The maximum atomic E-state index is 12.5. The van der Waals surface area contributed by atoms with Crippen LogP contribution in [0.15, 0.2) is 22.7 Å². The third-order valence-electron chi connectivity index (χ3n) is 4.29. The van der Waals surface area contributed by atoms with Gasteiger partial charge >= 0.3 is 0 Å². The van der Waals surface area contributed by atoms with Gasteiger partial charge in [0.15, 0.2) is 0 Å². The average molecular weight is 328 g/mol. The Morgan fingerprint density at radius 3 is 2.83 bits per heavy atom. The lowest BCUT2D eigenvalue weighted by Gasteiger charge is -2.16. The Bertz CT molecular complexity index is 693. The molecule has 1 unspecified atom stereocenters. The number of nitrogens with zero attached hydrogens (tertiary/aromatic N) is 4. The number of carbonyl (C=O) groups excluding carboxylic acids is 1. The van der Waals surface area contributed by atoms with Gasteiger partial charge in [0.1, 0.15) is 0 Å². The van der Waals surface area contributed by atoms with E-state index in [0.29, 0.717) is 29.2 Å². The number of pyridine rings is 1. The van der Waals surface area contributed by atoms with Crippen molar-refractivity contribution in [2.45, 2.75) is 40.0 Å². The molecule has 0 radical (unpaired) electrons. The molecule has 3 rings (SSSR count). The molecule has 0 bridgehead atoms. The highest BCUT2D eigenvalue weighted by atomic mass is 16.4. The van der Waals surface area contributed by atoms with Crippen molar-refractivity contribution >= 4 is 5.91 Å². The summed E-state index contributed by atoms with van der Waals surface area (Å²) in [6.07, 6.45) is 4.16. The maximum absolute atomic E-state index is 12.5. The first kappa shape index (κ1) is 16.6. The highest BCUT2D eigenvalue weighted by Gasteiger charge is 2.28. The summed E-state index contributed by atoms with van der Waals surface area (Å²) >= 11 is 0. The second kappa shape index (κ2) is 7.11. The Balaban J connectivity index is 1.56. The molecule has 6 heteroatoms. The summed E-state index contributed by atoms with van der Waals surface area (Å²) in [5, 5.41) is 8.24. The highest BCUT2D eigenvalue weighted by molar-refractivity contribution is 5.94. The molecule has 1 aliphatic rings. The lowest BCUT2D eigenvalue weighted by atomic mass is 10.1. The number of likely N-dealkylation sites (tertiary alicyclic amines) is 1. The molecule has 0 saturated carbocycles. The monoisotopic (exact) mass is 328 g/mol. The number of hydrogen-bond acceptors (Lipinski definition) is 5. The molecule has 0 spiro atoms. The van der Waals surface area contributed by atoms with E-state index in [4.69, 9.17) is 4.42 Å². The minimum Gasteiger partial charge on any atom is -0.425 e. The number of carbonyl (C=O) groups is 1. The SMILES string of the molecule is Cc1ccc(C(=O)N2CCC(Cc3nnc(CC(C)C)o3)C2)cn1. The molecule has 24 heavy (non-hydrogen) atoms. The van der Waals surface area contributed by atoms with E-state index in [2.05, 4.69) is 29.0 Å². The van der Waals surface area contributed by atoms with E-state index in [-0.39, 0.29) is 5.91 Å². The minimum atomic E-state index is 0.0519. The number of rotatable bonds is 5. The van der Waals surface area contributed by atoms with Crippen molar-refractivity contribution in [3.05, 3.63) is 41.4 Å². The van der Waals surface area contributed by atoms with Gasteiger partial charge in [-0.15, -0.1) is 10.2 Å². The summed E-state index contributed by atoms with van der Waals surface area (Å²) in [6, 6.07) is 3.71. The first-order valence-electron chi connectivity index (χ1n) is 8.54. The first-order valence-corrected chi connectivity index (χ1v) is 8.54. The van der Waals surface area contributed by atoms with Crippen molar-refractivity contribution in [3.63, 3.8) is 0 Å². The van der Waals surface area contributed by atoms with Crippen molar-refractivity contribution in [1.29, 1.82) is 0 Å². The van der Waals surface area contributed by atoms with Crippen LogP contribution >= 0.6 is 0 Å². The smallest absolute Gasteiger partial charge is 0.255 e. The lowest BCUT2D eigenvalue weighted by molar-refractivity contribution is 0.0786. The van der Waals surface area contributed by atoms with E-state index in [1.54, 1.807) is 6.20 Å². The van der Waals surface area contributed by atoms with Gasteiger partial charge in [0.25, 0.3) is 5.91 Å². The molecule has 1 fully saturated rings. The summed E-state index contributed by atoms with van der Waals surface area (Å²) in [5.74, 6) is 2.32. The molecule has 128 valence electrons. The summed E-state index contributed by atoms with van der Waals surface area (Å²) in [7, 11) is 0. The normalized spacial score (nSPS) is 17.7. The molecule has 1 amide bonds. The molecule has 1 atom stereocenters. The van der Waals surface area contributed by atoms with Crippen molar-refractivity contribution in [2.24, 2.45) is 11.8 Å². The first-order chi connectivity index (χ1) is 11.5. The van der Waals surface area contributed by atoms with E-state index < -0.39 is 0 Å². The van der Waals surface area contributed by atoms with Crippen LogP contribution in [0.5, 0.6) is 0 Å². The predicted octanol–water partition coefficient (Wildman–Crippen LogP) is 2.68. The Hall–Kier alpha value is -2.24. The number of aryl methyl sites for hydroxylation is 1. The van der Waals surface area contributed by atoms with Crippen molar-refractivity contribution in [2.75, 3.05) is 13.1 Å². The van der Waals surface area contributed by atoms with E-state index >= 15 is 0 Å². The van der Waals surface area contributed by atoms with Crippen molar-refractivity contribution in [1.82, 2.24) is 20.1 Å². The highest BCUT2D eigenvalue weighted by Crippen LogP contribution is 2.22. The topological polar surface area (TPSA) is 72.1 Å². The Kier molecular flexibility index (Phi) is 4.92. The maximum Gasteiger partial charge on any atom is 0.255 e. The van der Waals surface area contributed by atoms with Gasteiger partial charge in [-0.05, 0) is 37.3 Å². The second-order valence-corrected chi connectivity index (χ2v) is 6.99. The van der Waals surface area contributed by atoms with Gasteiger partial charge in [0.05, 0.1) is 5.56 Å². The molecule has 1 saturated heterocycles.